The third kappa shape index (κ3) is 1.29. The van der Waals surface area contributed by atoms with Crippen molar-refractivity contribution < 1.29 is 9.57 Å². The van der Waals surface area contributed by atoms with Crippen LogP contribution in [-0.2, 0) is 11.3 Å². The second-order valence-electron chi connectivity index (χ2n) is 4.01. The summed E-state index contributed by atoms with van der Waals surface area (Å²) in [5.41, 5.74) is 2.15. The van der Waals surface area contributed by atoms with Crippen LogP contribution in [-0.4, -0.2) is 16.3 Å². The highest BCUT2D eigenvalue weighted by Crippen LogP contribution is 2.39. The fourth-order valence-electron chi connectivity index (χ4n) is 2.16. The van der Waals surface area contributed by atoms with Gasteiger partial charge < -0.3 is 4.74 Å². The average molecular weight is 227 g/mol. The molecule has 0 saturated carbocycles. The highest BCUT2D eigenvalue weighted by atomic mass is 16.8. The van der Waals surface area contributed by atoms with Gasteiger partial charge in [0.25, 0.3) is 0 Å². The number of ether oxygens (including phenoxy) is 1. The van der Waals surface area contributed by atoms with Crippen LogP contribution in [0.15, 0.2) is 36.8 Å². The molecule has 1 aromatic heterocycles. The topological polar surface area (TPSA) is 47.5 Å². The van der Waals surface area contributed by atoms with Crippen LogP contribution in [0.25, 0.3) is 0 Å². The average Bonchev–Trinajstić information content (AvgIpc) is 2.69. The van der Waals surface area contributed by atoms with Crippen LogP contribution in [0.5, 0.6) is 5.75 Å². The van der Waals surface area contributed by atoms with E-state index in [-0.39, 0.29) is 6.29 Å². The number of rotatable bonds is 1. The number of aromatic nitrogens is 2. The molecule has 2 aromatic rings. The molecule has 5 nitrogen and oxygen atoms in total. The molecule has 4 rings (SSSR count). The summed E-state index contributed by atoms with van der Waals surface area (Å²) in [7, 11) is 0. The predicted molar refractivity (Wildman–Crippen MR) is 59.8 cm³/mol. The van der Waals surface area contributed by atoms with E-state index in [2.05, 4.69) is 16.0 Å². The number of hydrogen-bond donors (Lipinski definition) is 0. The van der Waals surface area contributed by atoms with Gasteiger partial charge in [-0.05, 0) is 18.2 Å². The van der Waals surface area contributed by atoms with Gasteiger partial charge in [-0.2, -0.15) is 5.06 Å². The Morgan fingerprint density at radius 3 is 3.18 bits per heavy atom. The standard InChI is InChI=1S/C12H9N3O2/c1-2-10-8-5-9(1)15(17-12(6-8)16-10)11-3-4-13-7-14-11/h1-5,7,12H,6H2. The van der Waals surface area contributed by atoms with E-state index in [0.717, 1.165) is 17.9 Å². The first-order chi connectivity index (χ1) is 8.40. The van der Waals surface area contributed by atoms with Gasteiger partial charge in [0.2, 0.25) is 6.29 Å². The first-order valence-electron chi connectivity index (χ1n) is 5.43. The number of nitrogens with zero attached hydrogens (tertiary/aromatic N) is 3. The number of anilines is 2. The molecule has 0 N–H and O–H groups in total. The van der Waals surface area contributed by atoms with Crippen molar-refractivity contribution in [3.05, 3.63) is 42.4 Å². The smallest absolute Gasteiger partial charge is 0.228 e. The van der Waals surface area contributed by atoms with Gasteiger partial charge in [-0.3, -0.25) is 0 Å². The summed E-state index contributed by atoms with van der Waals surface area (Å²) in [6, 6.07) is 7.81. The van der Waals surface area contributed by atoms with Crippen molar-refractivity contribution in [2.75, 3.05) is 5.06 Å². The van der Waals surface area contributed by atoms with Gasteiger partial charge in [-0.15, -0.1) is 0 Å². The second-order valence-corrected chi connectivity index (χ2v) is 4.01. The first kappa shape index (κ1) is 8.95. The molecule has 0 spiro atoms. The SMILES string of the molecule is c1cc(N2OC3Cc4cc2ccc4O3)ncn1. The molecule has 5 heteroatoms. The Hall–Kier alpha value is -2.14. The van der Waals surface area contributed by atoms with E-state index in [1.165, 1.54) is 11.9 Å². The Kier molecular flexibility index (Phi) is 1.67. The van der Waals surface area contributed by atoms with Crippen molar-refractivity contribution in [2.24, 2.45) is 0 Å². The Morgan fingerprint density at radius 2 is 2.29 bits per heavy atom. The molecular formula is C12H9N3O2. The molecule has 17 heavy (non-hydrogen) atoms. The van der Waals surface area contributed by atoms with Crippen LogP contribution in [0.4, 0.5) is 11.5 Å². The predicted octanol–water partition coefficient (Wildman–Crippen LogP) is 1.82. The summed E-state index contributed by atoms with van der Waals surface area (Å²) in [6.45, 7) is 0. The fourth-order valence-corrected chi connectivity index (χ4v) is 2.16. The zero-order chi connectivity index (χ0) is 11.2. The summed E-state index contributed by atoms with van der Waals surface area (Å²) in [4.78, 5) is 13.9. The van der Waals surface area contributed by atoms with Crippen LogP contribution < -0.4 is 9.80 Å². The van der Waals surface area contributed by atoms with Gasteiger partial charge in [0.05, 0.1) is 5.69 Å². The largest absolute Gasteiger partial charge is 0.462 e. The summed E-state index contributed by atoms with van der Waals surface area (Å²) >= 11 is 0. The van der Waals surface area contributed by atoms with Crippen molar-refractivity contribution in [3.63, 3.8) is 0 Å². The molecule has 0 amide bonds. The molecular weight excluding hydrogens is 218 g/mol. The van der Waals surface area contributed by atoms with Crippen molar-refractivity contribution in [1.29, 1.82) is 0 Å². The molecule has 0 radical (unpaired) electrons. The van der Waals surface area contributed by atoms with Crippen molar-refractivity contribution in [2.45, 2.75) is 12.7 Å². The minimum absolute atomic E-state index is 0.256. The molecule has 0 aliphatic carbocycles. The van der Waals surface area contributed by atoms with Crippen molar-refractivity contribution in [1.82, 2.24) is 9.97 Å². The summed E-state index contributed by atoms with van der Waals surface area (Å²) in [5, 5.41) is 1.69. The molecule has 3 heterocycles. The van der Waals surface area contributed by atoms with Crippen LogP contribution in [0.2, 0.25) is 0 Å². The Labute approximate surface area is 97.6 Å². The van der Waals surface area contributed by atoms with Gasteiger partial charge in [0.15, 0.2) is 5.82 Å². The van der Waals surface area contributed by atoms with Gasteiger partial charge in [-0.25, -0.2) is 14.8 Å². The normalized spacial score (nSPS) is 20.2. The molecule has 2 aliphatic rings. The third-order valence-electron chi connectivity index (χ3n) is 2.92. The van der Waals surface area contributed by atoms with E-state index < -0.39 is 0 Å². The Balaban J connectivity index is 1.86. The number of hydrogen-bond acceptors (Lipinski definition) is 5. The number of benzene rings is 1. The minimum Gasteiger partial charge on any atom is -0.462 e. The highest BCUT2D eigenvalue weighted by Gasteiger charge is 2.31. The molecule has 1 aromatic carbocycles. The molecule has 1 atom stereocenters. The Bertz CT molecular complexity index is 571. The fraction of sp³-hybridized carbons (Fsp3) is 0.167. The van der Waals surface area contributed by atoms with E-state index in [1.54, 1.807) is 17.3 Å². The zero-order valence-corrected chi connectivity index (χ0v) is 8.91. The lowest BCUT2D eigenvalue weighted by Crippen LogP contribution is -2.29. The van der Waals surface area contributed by atoms with E-state index in [0.29, 0.717) is 5.82 Å². The van der Waals surface area contributed by atoms with Crippen LogP contribution >= 0.6 is 0 Å². The highest BCUT2D eigenvalue weighted by molar-refractivity contribution is 5.61. The maximum Gasteiger partial charge on any atom is 0.228 e. The molecule has 3 bridgehead atoms. The van der Waals surface area contributed by atoms with Crippen LogP contribution in [0.1, 0.15) is 5.56 Å². The van der Waals surface area contributed by atoms with Gasteiger partial charge in [-0.1, -0.05) is 0 Å². The monoisotopic (exact) mass is 227 g/mol. The van der Waals surface area contributed by atoms with Crippen molar-refractivity contribution in [3.8, 4) is 5.75 Å². The van der Waals surface area contributed by atoms with E-state index in [1.807, 2.05) is 12.1 Å². The third-order valence-corrected chi connectivity index (χ3v) is 2.92. The molecule has 0 fully saturated rings. The van der Waals surface area contributed by atoms with E-state index in [4.69, 9.17) is 9.57 Å². The van der Waals surface area contributed by atoms with Crippen molar-refractivity contribution >= 4 is 11.5 Å². The summed E-state index contributed by atoms with van der Waals surface area (Å²) in [6.07, 6.45) is 3.72. The van der Waals surface area contributed by atoms with Gasteiger partial charge in [0.1, 0.15) is 12.1 Å². The summed E-state index contributed by atoms with van der Waals surface area (Å²) < 4.78 is 5.65. The molecule has 0 saturated heterocycles. The van der Waals surface area contributed by atoms with Crippen LogP contribution in [0, 0.1) is 0 Å². The minimum atomic E-state index is -0.256. The number of fused-ring (bicyclic) bond motifs is 2. The lowest BCUT2D eigenvalue weighted by molar-refractivity contribution is -0.0670. The maximum atomic E-state index is 5.78. The van der Waals surface area contributed by atoms with E-state index >= 15 is 0 Å². The Morgan fingerprint density at radius 1 is 1.29 bits per heavy atom. The quantitative estimate of drug-likeness (QED) is 0.743. The summed E-state index contributed by atoms with van der Waals surface area (Å²) in [5.74, 6) is 1.62. The first-order valence-corrected chi connectivity index (χ1v) is 5.43. The lowest BCUT2D eigenvalue weighted by atomic mass is 10.1. The van der Waals surface area contributed by atoms with Gasteiger partial charge in [0, 0.05) is 24.2 Å². The van der Waals surface area contributed by atoms with Gasteiger partial charge >= 0.3 is 0 Å². The molecule has 84 valence electrons. The molecule has 1 unspecified atom stereocenters. The maximum absolute atomic E-state index is 5.78. The molecule has 2 aliphatic heterocycles. The van der Waals surface area contributed by atoms with Crippen LogP contribution in [0.3, 0.4) is 0 Å². The van der Waals surface area contributed by atoms with E-state index in [9.17, 15) is 0 Å². The second kappa shape index (κ2) is 3.18. The lowest BCUT2D eigenvalue weighted by Gasteiger charge is -2.26. The zero-order valence-electron chi connectivity index (χ0n) is 8.91.